The number of fused-ring (bicyclic) bond motifs is 2. The molecule has 0 atom stereocenters. The van der Waals surface area contributed by atoms with E-state index in [-0.39, 0.29) is 24.9 Å². The number of hydrogen-bond donors (Lipinski definition) is 1. The van der Waals surface area contributed by atoms with Gasteiger partial charge >= 0.3 is 0 Å². The smallest absolute Gasteiger partial charge is 0.240 e. The molecule has 0 saturated carbocycles. The van der Waals surface area contributed by atoms with Crippen molar-refractivity contribution < 1.29 is 19.0 Å². The van der Waals surface area contributed by atoms with E-state index in [0.29, 0.717) is 0 Å². The predicted molar refractivity (Wildman–Crippen MR) is 74.0 cm³/mol. The Morgan fingerprint density at radius 3 is 2.38 bits per heavy atom. The Morgan fingerprint density at radius 2 is 1.67 bits per heavy atom. The maximum atomic E-state index is 13.0. The minimum Gasteiger partial charge on any atom is -0.325 e. The van der Waals surface area contributed by atoms with E-state index in [4.69, 9.17) is 9.78 Å². The summed E-state index contributed by atoms with van der Waals surface area (Å²) < 4.78 is 13.0. The zero-order chi connectivity index (χ0) is 14.4. The van der Waals surface area contributed by atoms with Gasteiger partial charge in [-0.05, 0) is 41.0 Å². The lowest BCUT2D eigenvalue weighted by Crippen LogP contribution is -2.37. The SMILES string of the molecule is O=C1Nc2ccc(-c3ccc(F)cc3)cc2C12COOC2. The van der Waals surface area contributed by atoms with E-state index in [1.165, 1.54) is 12.1 Å². The van der Waals surface area contributed by atoms with Crippen molar-refractivity contribution >= 4 is 11.6 Å². The lowest BCUT2D eigenvalue weighted by molar-refractivity contribution is -0.248. The van der Waals surface area contributed by atoms with E-state index >= 15 is 0 Å². The highest BCUT2D eigenvalue weighted by molar-refractivity contribution is 6.07. The average molecular weight is 285 g/mol. The summed E-state index contributed by atoms with van der Waals surface area (Å²) in [7, 11) is 0. The second-order valence-corrected chi connectivity index (χ2v) is 5.33. The molecule has 106 valence electrons. The van der Waals surface area contributed by atoms with Crippen LogP contribution < -0.4 is 5.32 Å². The third-order valence-corrected chi connectivity index (χ3v) is 4.09. The molecule has 0 aliphatic carbocycles. The number of carbonyl (C=O) groups is 1. The number of anilines is 1. The first-order valence-corrected chi connectivity index (χ1v) is 6.65. The molecular weight excluding hydrogens is 273 g/mol. The van der Waals surface area contributed by atoms with Gasteiger partial charge in [-0.3, -0.25) is 4.79 Å². The van der Waals surface area contributed by atoms with Gasteiger partial charge in [0.2, 0.25) is 5.91 Å². The van der Waals surface area contributed by atoms with Crippen molar-refractivity contribution in [2.75, 3.05) is 18.5 Å². The van der Waals surface area contributed by atoms with E-state index in [9.17, 15) is 9.18 Å². The van der Waals surface area contributed by atoms with Crippen LogP contribution in [0, 0.1) is 5.82 Å². The van der Waals surface area contributed by atoms with Crippen molar-refractivity contribution in [2.45, 2.75) is 5.41 Å². The predicted octanol–water partition coefficient (Wildman–Crippen LogP) is 2.64. The first-order chi connectivity index (χ1) is 10.2. The molecule has 2 aliphatic rings. The summed E-state index contributed by atoms with van der Waals surface area (Å²) in [5, 5.41) is 2.86. The normalized spacial score (nSPS) is 18.8. The molecule has 0 unspecified atom stereocenters. The molecule has 4 nitrogen and oxygen atoms in total. The van der Waals surface area contributed by atoms with E-state index in [2.05, 4.69) is 5.32 Å². The monoisotopic (exact) mass is 285 g/mol. The molecule has 21 heavy (non-hydrogen) atoms. The molecule has 2 heterocycles. The van der Waals surface area contributed by atoms with E-state index in [1.807, 2.05) is 18.2 Å². The molecular formula is C16H12FNO3. The van der Waals surface area contributed by atoms with E-state index in [0.717, 1.165) is 22.4 Å². The van der Waals surface area contributed by atoms with Gasteiger partial charge in [0.1, 0.15) is 24.4 Å². The molecule has 1 spiro atoms. The Hall–Kier alpha value is -2.24. The molecule has 0 bridgehead atoms. The van der Waals surface area contributed by atoms with Crippen LogP contribution in [0.4, 0.5) is 10.1 Å². The Morgan fingerprint density at radius 1 is 1.00 bits per heavy atom. The molecule has 5 heteroatoms. The standard InChI is InChI=1S/C16H12FNO3/c17-12-4-1-10(2-5-12)11-3-6-14-13(7-11)16(15(19)18-14)8-20-21-9-16/h1-7H,8-9H2,(H,18,19). The van der Waals surface area contributed by atoms with Crippen LogP contribution in [-0.4, -0.2) is 19.1 Å². The third kappa shape index (κ3) is 1.78. The second kappa shape index (κ2) is 4.38. The number of rotatable bonds is 1. The van der Waals surface area contributed by atoms with Crippen LogP contribution in [0.5, 0.6) is 0 Å². The van der Waals surface area contributed by atoms with Gasteiger partial charge in [0.15, 0.2) is 0 Å². The van der Waals surface area contributed by atoms with Crippen LogP contribution in [0.1, 0.15) is 5.56 Å². The molecule has 1 N–H and O–H groups in total. The van der Waals surface area contributed by atoms with Gasteiger partial charge in [-0.2, -0.15) is 0 Å². The summed E-state index contributed by atoms with van der Waals surface area (Å²) >= 11 is 0. The fourth-order valence-corrected chi connectivity index (χ4v) is 2.85. The maximum Gasteiger partial charge on any atom is 0.240 e. The van der Waals surface area contributed by atoms with Crippen LogP contribution >= 0.6 is 0 Å². The molecule has 1 fully saturated rings. The largest absolute Gasteiger partial charge is 0.325 e. The maximum absolute atomic E-state index is 13.0. The topological polar surface area (TPSA) is 47.6 Å². The number of halogens is 1. The van der Waals surface area contributed by atoms with Gasteiger partial charge in [-0.1, -0.05) is 18.2 Å². The van der Waals surface area contributed by atoms with Crippen LogP contribution in [0.2, 0.25) is 0 Å². The lowest BCUT2D eigenvalue weighted by Gasteiger charge is -2.16. The van der Waals surface area contributed by atoms with Gasteiger partial charge in [0, 0.05) is 5.69 Å². The molecule has 2 aromatic carbocycles. The van der Waals surface area contributed by atoms with Gasteiger partial charge in [0.25, 0.3) is 0 Å². The van der Waals surface area contributed by atoms with E-state index < -0.39 is 5.41 Å². The Bertz CT molecular complexity index is 721. The van der Waals surface area contributed by atoms with Crippen LogP contribution in [0.25, 0.3) is 11.1 Å². The number of carbonyl (C=O) groups excluding carboxylic acids is 1. The number of hydrogen-bond acceptors (Lipinski definition) is 3. The summed E-state index contributed by atoms with van der Waals surface area (Å²) in [6.07, 6.45) is 0. The molecule has 0 radical (unpaired) electrons. The van der Waals surface area contributed by atoms with Crippen molar-refractivity contribution in [1.82, 2.24) is 0 Å². The zero-order valence-corrected chi connectivity index (χ0v) is 11.1. The highest BCUT2D eigenvalue weighted by Crippen LogP contribution is 2.42. The van der Waals surface area contributed by atoms with Crippen LogP contribution in [0.15, 0.2) is 42.5 Å². The first kappa shape index (κ1) is 12.5. The van der Waals surface area contributed by atoms with Gasteiger partial charge in [-0.15, -0.1) is 0 Å². The fraction of sp³-hybridized carbons (Fsp3) is 0.188. The second-order valence-electron chi connectivity index (χ2n) is 5.33. The van der Waals surface area contributed by atoms with Crippen molar-refractivity contribution in [3.8, 4) is 11.1 Å². The average Bonchev–Trinajstić information content (AvgIpc) is 3.08. The molecule has 0 aromatic heterocycles. The quantitative estimate of drug-likeness (QED) is 0.819. The molecule has 4 rings (SSSR count). The van der Waals surface area contributed by atoms with Gasteiger partial charge in [0.05, 0.1) is 0 Å². The summed E-state index contributed by atoms with van der Waals surface area (Å²) in [5.74, 6) is -0.378. The summed E-state index contributed by atoms with van der Waals surface area (Å²) in [5.41, 5.74) is 2.70. The summed E-state index contributed by atoms with van der Waals surface area (Å²) in [6.45, 7) is 0.414. The van der Waals surface area contributed by atoms with Gasteiger partial charge < -0.3 is 5.32 Å². The molecule has 2 aliphatic heterocycles. The van der Waals surface area contributed by atoms with Crippen molar-refractivity contribution in [3.63, 3.8) is 0 Å². The first-order valence-electron chi connectivity index (χ1n) is 6.65. The molecule has 2 aromatic rings. The molecule has 1 saturated heterocycles. The molecule has 1 amide bonds. The zero-order valence-electron chi connectivity index (χ0n) is 11.1. The Labute approximate surface area is 120 Å². The van der Waals surface area contributed by atoms with Crippen LogP contribution in [-0.2, 0) is 20.0 Å². The third-order valence-electron chi connectivity index (χ3n) is 4.09. The summed E-state index contributed by atoms with van der Waals surface area (Å²) in [6, 6.07) is 12.0. The number of benzene rings is 2. The van der Waals surface area contributed by atoms with Crippen molar-refractivity contribution in [3.05, 3.63) is 53.8 Å². The lowest BCUT2D eigenvalue weighted by atomic mass is 9.82. The van der Waals surface area contributed by atoms with Crippen molar-refractivity contribution in [1.29, 1.82) is 0 Å². The number of amides is 1. The Kier molecular flexibility index (Phi) is 2.60. The van der Waals surface area contributed by atoms with Crippen LogP contribution in [0.3, 0.4) is 0 Å². The van der Waals surface area contributed by atoms with Crippen molar-refractivity contribution in [2.24, 2.45) is 0 Å². The highest BCUT2D eigenvalue weighted by atomic mass is 19.1. The minimum absolute atomic E-state index is 0.105. The van der Waals surface area contributed by atoms with E-state index in [1.54, 1.807) is 12.1 Å². The Balaban J connectivity index is 1.83. The number of nitrogens with one attached hydrogen (secondary N) is 1. The minimum atomic E-state index is -0.772. The fourth-order valence-electron chi connectivity index (χ4n) is 2.85. The summed E-state index contributed by atoms with van der Waals surface area (Å²) in [4.78, 5) is 22.1. The highest BCUT2D eigenvalue weighted by Gasteiger charge is 2.51. The van der Waals surface area contributed by atoms with Gasteiger partial charge in [-0.25, -0.2) is 14.2 Å².